The van der Waals surface area contributed by atoms with Gasteiger partial charge in [0.05, 0.1) is 39.1 Å². The number of rotatable bonds is 6. The highest BCUT2D eigenvalue weighted by atomic mass is 15.0. The lowest BCUT2D eigenvalue weighted by Crippen LogP contribution is -2.01. The van der Waals surface area contributed by atoms with Crippen molar-refractivity contribution >= 4 is 43.6 Å². The summed E-state index contributed by atoms with van der Waals surface area (Å²) in [4.78, 5) is 5.27. The highest BCUT2D eigenvalue weighted by Gasteiger charge is 2.19. The average molecular weight is 728 g/mol. The van der Waals surface area contributed by atoms with Crippen molar-refractivity contribution in [3.05, 3.63) is 212 Å². The molecule has 0 saturated carbocycles. The van der Waals surface area contributed by atoms with E-state index in [2.05, 4.69) is 222 Å². The number of pyridine rings is 1. The second-order valence-electron chi connectivity index (χ2n) is 14.9. The minimum absolute atomic E-state index is 0.945. The van der Waals surface area contributed by atoms with Gasteiger partial charge < -0.3 is 9.13 Å². The molecule has 268 valence electrons. The molecule has 0 amide bonds. The molecule has 57 heavy (non-hydrogen) atoms. The lowest BCUT2D eigenvalue weighted by molar-refractivity contribution is 1.15. The molecule has 0 aliphatic heterocycles. The third-order valence-corrected chi connectivity index (χ3v) is 11.4. The van der Waals surface area contributed by atoms with E-state index in [1.807, 2.05) is 0 Å². The number of benzene rings is 8. The second-order valence-corrected chi connectivity index (χ2v) is 14.9. The summed E-state index contributed by atoms with van der Waals surface area (Å²) in [5, 5.41) is 4.99. The first kappa shape index (κ1) is 32.9. The van der Waals surface area contributed by atoms with Crippen molar-refractivity contribution in [2.75, 3.05) is 0 Å². The molecule has 3 heterocycles. The zero-order valence-electron chi connectivity index (χ0n) is 31.5. The van der Waals surface area contributed by atoms with E-state index in [0.29, 0.717) is 0 Å². The first-order valence-corrected chi connectivity index (χ1v) is 19.5. The number of aromatic nitrogens is 3. The fourth-order valence-corrected chi connectivity index (χ4v) is 8.72. The molecule has 11 aromatic rings. The SMILES string of the molecule is Cc1cccc(-c2cc(-c3ccccc3)cc(-c3ccc(-c4cc(-n5c6ccccc6c6ccccc65)ccc4-n4c5ccccc5c5ccccc54)cc3)n2)c1. The number of hydrogen-bond acceptors (Lipinski definition) is 1. The second kappa shape index (κ2) is 13.4. The van der Waals surface area contributed by atoms with Crippen LogP contribution in [0, 0.1) is 6.92 Å². The van der Waals surface area contributed by atoms with Gasteiger partial charge in [0.1, 0.15) is 0 Å². The van der Waals surface area contributed by atoms with Crippen LogP contribution in [0.25, 0.3) is 99.8 Å². The van der Waals surface area contributed by atoms with Crippen LogP contribution in [-0.2, 0) is 0 Å². The molecular formula is C54H37N3. The molecule has 0 unspecified atom stereocenters. The van der Waals surface area contributed by atoms with E-state index in [0.717, 1.165) is 50.6 Å². The number of para-hydroxylation sites is 4. The van der Waals surface area contributed by atoms with Crippen molar-refractivity contribution in [2.24, 2.45) is 0 Å². The van der Waals surface area contributed by atoms with E-state index in [-0.39, 0.29) is 0 Å². The number of fused-ring (bicyclic) bond motifs is 6. The van der Waals surface area contributed by atoms with Crippen LogP contribution in [0.1, 0.15) is 5.56 Å². The first-order valence-electron chi connectivity index (χ1n) is 19.5. The van der Waals surface area contributed by atoms with Crippen molar-refractivity contribution in [1.82, 2.24) is 14.1 Å². The maximum absolute atomic E-state index is 5.27. The molecule has 0 bridgehead atoms. The average Bonchev–Trinajstić information content (AvgIpc) is 3.79. The third kappa shape index (κ3) is 5.55. The molecule has 0 N–H and O–H groups in total. The van der Waals surface area contributed by atoms with Gasteiger partial charge in [-0.3, -0.25) is 0 Å². The Labute approximate surface area is 331 Å². The maximum atomic E-state index is 5.27. The summed E-state index contributed by atoms with van der Waals surface area (Å²) in [6, 6.07) is 74.5. The summed E-state index contributed by atoms with van der Waals surface area (Å²) >= 11 is 0. The standard InChI is InChI=1S/C54H37N3/c1-36-14-13-17-40(32-36)49-34-41(37-15-3-2-4-16-37)33-48(55-49)39-28-26-38(27-29-39)47-35-42(56-50-22-9-5-18-43(50)44-19-6-10-23-51(44)56)30-31-54(47)57-52-24-11-7-20-45(52)46-21-8-12-25-53(46)57/h2-35H,1H3. The van der Waals surface area contributed by atoms with Crippen molar-refractivity contribution in [3.63, 3.8) is 0 Å². The van der Waals surface area contributed by atoms with E-state index >= 15 is 0 Å². The van der Waals surface area contributed by atoms with E-state index < -0.39 is 0 Å². The molecule has 0 spiro atoms. The maximum Gasteiger partial charge on any atom is 0.0715 e. The van der Waals surface area contributed by atoms with Crippen LogP contribution in [-0.4, -0.2) is 14.1 Å². The summed E-state index contributed by atoms with van der Waals surface area (Å²) in [6.07, 6.45) is 0. The minimum Gasteiger partial charge on any atom is -0.309 e. The molecule has 3 nitrogen and oxygen atoms in total. The summed E-state index contributed by atoms with van der Waals surface area (Å²) in [5.41, 5.74) is 16.9. The molecule has 0 fully saturated rings. The Balaban J connectivity index is 1.12. The smallest absolute Gasteiger partial charge is 0.0715 e. The van der Waals surface area contributed by atoms with Crippen LogP contribution in [0.4, 0.5) is 0 Å². The van der Waals surface area contributed by atoms with E-state index in [1.54, 1.807) is 0 Å². The minimum atomic E-state index is 0.945. The zero-order chi connectivity index (χ0) is 37.9. The third-order valence-electron chi connectivity index (χ3n) is 11.4. The lowest BCUT2D eigenvalue weighted by Gasteiger charge is -2.18. The largest absolute Gasteiger partial charge is 0.309 e. The van der Waals surface area contributed by atoms with Gasteiger partial charge in [0.25, 0.3) is 0 Å². The highest BCUT2D eigenvalue weighted by molar-refractivity contribution is 6.11. The predicted octanol–water partition coefficient (Wildman–Crippen LogP) is 14.3. The quantitative estimate of drug-likeness (QED) is 0.167. The fourth-order valence-electron chi connectivity index (χ4n) is 8.72. The number of hydrogen-bond donors (Lipinski definition) is 0. The summed E-state index contributed by atoms with van der Waals surface area (Å²) < 4.78 is 4.84. The highest BCUT2D eigenvalue weighted by Crippen LogP contribution is 2.40. The Morgan fingerprint density at radius 3 is 1.40 bits per heavy atom. The molecule has 0 radical (unpaired) electrons. The Hall–Kier alpha value is -7.49. The molecule has 0 atom stereocenters. The van der Waals surface area contributed by atoms with Gasteiger partial charge in [-0.1, -0.05) is 151 Å². The Morgan fingerprint density at radius 1 is 0.333 bits per heavy atom. The van der Waals surface area contributed by atoms with Crippen molar-refractivity contribution in [2.45, 2.75) is 6.92 Å². The zero-order valence-corrected chi connectivity index (χ0v) is 31.5. The number of nitrogens with zero attached hydrogens (tertiary/aromatic N) is 3. The van der Waals surface area contributed by atoms with Gasteiger partial charge in [-0.2, -0.15) is 0 Å². The van der Waals surface area contributed by atoms with Gasteiger partial charge in [-0.15, -0.1) is 0 Å². The molecule has 0 saturated heterocycles. The number of aryl methyl sites for hydroxylation is 1. The van der Waals surface area contributed by atoms with Crippen molar-refractivity contribution in [1.29, 1.82) is 0 Å². The van der Waals surface area contributed by atoms with Gasteiger partial charge in [0.2, 0.25) is 0 Å². The monoisotopic (exact) mass is 727 g/mol. The Kier molecular flexibility index (Phi) is 7.71. The van der Waals surface area contributed by atoms with Gasteiger partial charge in [-0.05, 0) is 84.3 Å². The van der Waals surface area contributed by atoms with Crippen LogP contribution in [0.5, 0.6) is 0 Å². The topological polar surface area (TPSA) is 22.8 Å². The van der Waals surface area contributed by atoms with Gasteiger partial charge in [-0.25, -0.2) is 4.98 Å². The molecule has 0 aliphatic rings. The summed E-state index contributed by atoms with van der Waals surface area (Å²) in [6.45, 7) is 2.13. The van der Waals surface area contributed by atoms with Crippen LogP contribution in [0.2, 0.25) is 0 Å². The fraction of sp³-hybridized carbons (Fsp3) is 0.0185. The first-order chi connectivity index (χ1) is 28.2. The van der Waals surface area contributed by atoms with Crippen LogP contribution >= 0.6 is 0 Å². The van der Waals surface area contributed by atoms with Gasteiger partial charge in [0, 0.05) is 43.9 Å². The summed E-state index contributed by atoms with van der Waals surface area (Å²) in [7, 11) is 0. The summed E-state index contributed by atoms with van der Waals surface area (Å²) in [5.74, 6) is 0. The molecule has 3 heteroatoms. The lowest BCUT2D eigenvalue weighted by atomic mass is 9.97. The normalized spacial score (nSPS) is 11.6. The van der Waals surface area contributed by atoms with E-state index in [4.69, 9.17) is 4.98 Å². The van der Waals surface area contributed by atoms with Crippen molar-refractivity contribution in [3.8, 4) is 56.1 Å². The molecular weight excluding hydrogens is 691 g/mol. The van der Waals surface area contributed by atoms with Crippen LogP contribution in [0.3, 0.4) is 0 Å². The molecule has 8 aromatic carbocycles. The molecule has 0 aliphatic carbocycles. The molecule has 11 rings (SSSR count). The van der Waals surface area contributed by atoms with Crippen LogP contribution in [0.15, 0.2) is 206 Å². The van der Waals surface area contributed by atoms with E-state index in [1.165, 1.54) is 54.7 Å². The Morgan fingerprint density at radius 2 is 0.825 bits per heavy atom. The Bertz CT molecular complexity index is 3190. The van der Waals surface area contributed by atoms with Crippen LogP contribution < -0.4 is 0 Å². The molecule has 3 aromatic heterocycles. The predicted molar refractivity (Wildman–Crippen MR) is 239 cm³/mol. The van der Waals surface area contributed by atoms with Gasteiger partial charge in [0.15, 0.2) is 0 Å². The van der Waals surface area contributed by atoms with Crippen molar-refractivity contribution < 1.29 is 0 Å². The van der Waals surface area contributed by atoms with E-state index in [9.17, 15) is 0 Å². The van der Waals surface area contributed by atoms with Gasteiger partial charge >= 0.3 is 0 Å².